The van der Waals surface area contributed by atoms with Gasteiger partial charge in [0.2, 0.25) is 15.9 Å². The summed E-state index contributed by atoms with van der Waals surface area (Å²) in [6, 6.07) is 60.2. The van der Waals surface area contributed by atoms with Crippen molar-refractivity contribution in [3.63, 3.8) is 0 Å². The molecular weight excluding hydrogens is 1140 g/mol. The lowest BCUT2D eigenvalue weighted by molar-refractivity contribution is 0.379. The van der Waals surface area contributed by atoms with E-state index in [2.05, 4.69) is 87.3 Å². The highest BCUT2D eigenvalue weighted by Crippen LogP contribution is 2.43. The van der Waals surface area contributed by atoms with E-state index in [0.717, 1.165) is 75.9 Å². The molecule has 0 atom stereocenters. The van der Waals surface area contributed by atoms with Crippen LogP contribution in [0.25, 0.3) is 122 Å². The first-order valence-corrected chi connectivity index (χ1v) is 27.2. The number of phenols is 4. The van der Waals surface area contributed by atoms with Gasteiger partial charge in [0.1, 0.15) is 45.6 Å². The summed E-state index contributed by atoms with van der Waals surface area (Å²) >= 11 is 18.1. The summed E-state index contributed by atoms with van der Waals surface area (Å²) < 4.78 is 15.5. The Balaban J connectivity index is 0.000000127. The molecule has 0 spiro atoms. The fraction of sp³-hybridized carbons (Fsp3) is 0.0455. The van der Waals surface area contributed by atoms with Gasteiger partial charge in [0.05, 0.1) is 21.3 Å². The van der Waals surface area contributed by atoms with Gasteiger partial charge in [-0.3, -0.25) is 0 Å². The molecule has 0 saturated heterocycles. The zero-order valence-corrected chi connectivity index (χ0v) is 47.3. The number of hydrogen-bond donors (Lipinski definition) is 4. The summed E-state index contributed by atoms with van der Waals surface area (Å²) in [4.78, 5) is 38.6. The Morgan fingerprint density at radius 1 is 0.282 bits per heavy atom. The highest BCUT2D eigenvalue weighted by atomic mass is 35.5. The summed E-state index contributed by atoms with van der Waals surface area (Å²) in [5.74, 6) is 1.05. The van der Waals surface area contributed by atoms with Crippen molar-refractivity contribution in [1.82, 2.24) is 44.9 Å². The van der Waals surface area contributed by atoms with Gasteiger partial charge in [0.15, 0.2) is 29.1 Å². The van der Waals surface area contributed by atoms with Gasteiger partial charge in [-0.15, -0.1) is 0 Å². The molecule has 4 N–H and O–H groups in total. The van der Waals surface area contributed by atoms with E-state index >= 15 is 0 Å². The molecule has 0 aliphatic heterocycles. The number of phenolic OH excluding ortho intramolecular Hbond substituents is 4. The number of benzene rings is 11. The number of methoxy groups -OCH3 is 3. The number of aromatic nitrogens is 9. The molecule has 3 aromatic heterocycles. The molecule has 0 unspecified atom stereocenters. The molecule has 16 nitrogen and oxygen atoms in total. The topological polar surface area (TPSA) is 225 Å². The van der Waals surface area contributed by atoms with Crippen molar-refractivity contribution in [3.8, 4) is 97.4 Å². The predicted octanol–water partition coefficient (Wildman–Crippen LogP) is 15.7. The molecule has 0 aliphatic carbocycles. The van der Waals surface area contributed by atoms with Crippen LogP contribution in [0.4, 0.5) is 0 Å². The molecule has 14 rings (SSSR count). The van der Waals surface area contributed by atoms with Crippen LogP contribution in [0.5, 0.6) is 40.5 Å². The van der Waals surface area contributed by atoms with Crippen molar-refractivity contribution in [2.75, 3.05) is 21.3 Å². The lowest BCUT2D eigenvalue weighted by Gasteiger charge is -2.13. The number of nitrogens with zero attached hydrogens (tertiary/aromatic N) is 9. The van der Waals surface area contributed by atoms with E-state index in [1.54, 1.807) is 0 Å². The minimum atomic E-state index is -0.228. The molecule has 85 heavy (non-hydrogen) atoms. The summed E-state index contributed by atoms with van der Waals surface area (Å²) in [5, 5.41) is 54.9. The van der Waals surface area contributed by atoms with Crippen LogP contribution in [0.3, 0.4) is 0 Å². The van der Waals surface area contributed by atoms with Gasteiger partial charge in [0, 0.05) is 41.0 Å². The van der Waals surface area contributed by atoms with Gasteiger partial charge >= 0.3 is 6.01 Å². The molecule has 19 heteroatoms. The van der Waals surface area contributed by atoms with E-state index in [0.29, 0.717) is 29.0 Å². The third kappa shape index (κ3) is 10.9. The van der Waals surface area contributed by atoms with Crippen LogP contribution < -0.4 is 14.2 Å². The van der Waals surface area contributed by atoms with Crippen molar-refractivity contribution in [1.29, 1.82) is 0 Å². The first-order chi connectivity index (χ1) is 41.4. The lowest BCUT2D eigenvalue weighted by atomic mass is 9.97. The van der Waals surface area contributed by atoms with Crippen molar-refractivity contribution < 1.29 is 34.6 Å². The number of aromatic hydroxyl groups is 4. The fourth-order valence-corrected chi connectivity index (χ4v) is 10.8. The minimum absolute atomic E-state index is 0.0492. The van der Waals surface area contributed by atoms with Gasteiger partial charge in [-0.25, -0.2) is 9.97 Å². The Labute approximate surface area is 498 Å². The Kier molecular flexibility index (Phi) is 15.1. The molecule has 0 fully saturated rings. The molecule has 0 saturated carbocycles. The van der Waals surface area contributed by atoms with Gasteiger partial charge in [0.25, 0.3) is 0 Å². The third-order valence-electron chi connectivity index (χ3n) is 14.1. The maximum atomic E-state index is 10.5. The number of ether oxygens (including phenoxy) is 3. The van der Waals surface area contributed by atoms with Gasteiger partial charge in [-0.2, -0.15) is 34.9 Å². The van der Waals surface area contributed by atoms with Gasteiger partial charge in [-0.1, -0.05) is 146 Å². The van der Waals surface area contributed by atoms with E-state index in [1.165, 1.54) is 51.0 Å². The zero-order chi connectivity index (χ0) is 58.9. The SMILES string of the molecule is COc1cc(O)c(-c2nc(Cl)nc(-c3cc4ccccc4c4ccccc34)n2)c(O)c1.COc1cc(O)c(-c2nc(OC)nc(-c3cc4ccccc4c4ccccc34)n2)c(O)c1.Clc1nc(Cl)nc(-c2cc3ccccc3c3ccccc23)n1. The fourth-order valence-electron chi connectivity index (χ4n) is 10.3. The monoisotopic (exact) mass is 1180 g/mol. The van der Waals surface area contributed by atoms with Crippen molar-refractivity contribution in [2.45, 2.75) is 0 Å². The molecule has 11 aromatic carbocycles. The average Bonchev–Trinajstić information content (AvgIpc) is 3.31. The minimum Gasteiger partial charge on any atom is -0.507 e. The molecule has 3 heterocycles. The number of hydrogen-bond acceptors (Lipinski definition) is 16. The summed E-state index contributed by atoms with van der Waals surface area (Å²) in [6.45, 7) is 0. The zero-order valence-electron chi connectivity index (χ0n) is 45.1. The second-order valence-electron chi connectivity index (χ2n) is 19.1. The Hall–Kier alpha value is -10.5. The normalized spacial score (nSPS) is 11.1. The Morgan fingerprint density at radius 2 is 0.553 bits per heavy atom. The van der Waals surface area contributed by atoms with Crippen molar-refractivity contribution in [3.05, 3.63) is 204 Å². The van der Waals surface area contributed by atoms with Crippen LogP contribution in [-0.2, 0) is 0 Å². The molecule has 0 amide bonds. The summed E-state index contributed by atoms with van der Waals surface area (Å²) in [6.07, 6.45) is 0. The molecule has 416 valence electrons. The first-order valence-electron chi connectivity index (χ1n) is 26.1. The number of fused-ring (bicyclic) bond motifs is 9. The Bertz CT molecular complexity index is 4880. The van der Waals surface area contributed by atoms with Gasteiger partial charge in [-0.05, 0) is 118 Å². The van der Waals surface area contributed by atoms with Crippen molar-refractivity contribution in [2.24, 2.45) is 0 Å². The lowest BCUT2D eigenvalue weighted by Crippen LogP contribution is -2.01. The maximum Gasteiger partial charge on any atom is 0.320 e. The van der Waals surface area contributed by atoms with E-state index in [4.69, 9.17) is 49.0 Å². The molecule has 14 aromatic rings. The second-order valence-corrected chi connectivity index (χ2v) is 20.1. The predicted molar refractivity (Wildman–Crippen MR) is 333 cm³/mol. The van der Waals surface area contributed by atoms with Crippen LogP contribution >= 0.6 is 34.8 Å². The largest absolute Gasteiger partial charge is 0.507 e. The second kappa shape index (κ2) is 23.4. The molecular formula is C66H44Cl3N9O7. The van der Waals surface area contributed by atoms with Crippen LogP contribution in [0.1, 0.15) is 0 Å². The number of halogens is 3. The van der Waals surface area contributed by atoms with E-state index in [9.17, 15) is 20.4 Å². The Morgan fingerprint density at radius 3 is 0.906 bits per heavy atom. The smallest absolute Gasteiger partial charge is 0.320 e. The molecule has 0 radical (unpaired) electrons. The number of rotatable bonds is 8. The maximum absolute atomic E-state index is 10.5. The van der Waals surface area contributed by atoms with Crippen molar-refractivity contribution >= 4 is 99.4 Å². The van der Waals surface area contributed by atoms with E-state index < -0.39 is 0 Å². The van der Waals surface area contributed by atoms with Crippen LogP contribution in [0, 0.1) is 0 Å². The average molecular weight is 1180 g/mol. The van der Waals surface area contributed by atoms with E-state index in [1.807, 2.05) is 121 Å². The highest BCUT2D eigenvalue weighted by molar-refractivity contribution is 6.31. The molecule has 0 bridgehead atoms. The molecule has 0 aliphatic rings. The van der Waals surface area contributed by atoms with Gasteiger partial charge < -0.3 is 34.6 Å². The summed E-state index contributed by atoms with van der Waals surface area (Å²) in [5.41, 5.74) is 2.57. The highest BCUT2D eigenvalue weighted by Gasteiger charge is 2.23. The first kappa shape index (κ1) is 55.0. The van der Waals surface area contributed by atoms with E-state index in [-0.39, 0.29) is 67.6 Å². The standard InChI is InChI=1S/C25H19N3O4.C24H16ClN3O3.C17H9Cl2N3/c1-31-15-12-20(29)22(21(30)13-15)24-26-23(27-25(28-24)32-2)19-11-14-7-3-4-8-16(14)17-9-5-6-10-18(17)19;1-31-14-11-19(29)21(20(30)12-14)23-26-22(27-24(25)28-23)18-10-13-6-2-3-7-15(13)16-8-4-5-9-17(16)18;18-16-20-15(21-17(19)22-16)14-9-10-5-1-2-6-11(10)12-7-3-4-8-13(12)14/h3-13,29-30H,1-2H3;2-12,29-30H,1H3;1-9H. The summed E-state index contributed by atoms with van der Waals surface area (Å²) in [7, 11) is 4.34. The van der Waals surface area contributed by atoms with Crippen LogP contribution in [0.2, 0.25) is 15.9 Å². The van der Waals surface area contributed by atoms with Crippen LogP contribution in [-0.4, -0.2) is 86.6 Å². The third-order valence-corrected chi connectivity index (χ3v) is 14.6. The quantitative estimate of drug-likeness (QED) is 0.104. The van der Waals surface area contributed by atoms with Crippen LogP contribution in [0.15, 0.2) is 188 Å².